The van der Waals surface area contributed by atoms with Gasteiger partial charge in [-0.15, -0.1) is 0 Å². The molecule has 0 atom stereocenters. The number of rotatable bonds is 8. The Kier molecular flexibility index (Phi) is 6.26. The molecule has 7 heteroatoms. The number of carboxylic acid groups (broad SMARTS) is 1. The molecule has 3 aromatic rings. The maximum absolute atomic E-state index is 11.2. The first-order valence-corrected chi connectivity index (χ1v) is 11.0. The summed E-state index contributed by atoms with van der Waals surface area (Å²) >= 11 is 0. The second-order valence-electron chi connectivity index (χ2n) is 8.13. The third-order valence-electron chi connectivity index (χ3n) is 5.86. The van der Waals surface area contributed by atoms with Gasteiger partial charge in [-0.3, -0.25) is 0 Å². The molecular formula is C23H29N5O2. The number of hydrogen-bond acceptors (Lipinski definition) is 5. The highest BCUT2D eigenvalue weighted by atomic mass is 16.4. The Morgan fingerprint density at radius 1 is 1.20 bits per heavy atom. The summed E-state index contributed by atoms with van der Waals surface area (Å²) in [5.41, 5.74) is 2.79. The standard InChI is InChI=1S/C23H29N5O2/c1-2-3-13-24-23-25-14-19-20(17-9-11-18(12-10-17)22(29)30)27-28(21(19)26-23)15-16-7-5-4-6-8-16/h9-12,14,16H,2-8,13,15H2,1H3,(H,29,30)(H,24,25,26). The molecule has 0 saturated heterocycles. The maximum Gasteiger partial charge on any atom is 0.335 e. The van der Waals surface area contributed by atoms with Gasteiger partial charge in [0.15, 0.2) is 5.65 Å². The largest absolute Gasteiger partial charge is 0.478 e. The van der Waals surface area contributed by atoms with E-state index in [2.05, 4.69) is 17.2 Å². The van der Waals surface area contributed by atoms with Crippen molar-refractivity contribution >= 4 is 23.0 Å². The first kappa shape index (κ1) is 20.3. The van der Waals surface area contributed by atoms with Gasteiger partial charge in [-0.05, 0) is 37.3 Å². The number of aromatic carboxylic acids is 1. The van der Waals surface area contributed by atoms with Gasteiger partial charge in [0.25, 0.3) is 0 Å². The molecule has 1 aromatic carbocycles. The average Bonchev–Trinajstić information content (AvgIpc) is 3.12. The fourth-order valence-electron chi connectivity index (χ4n) is 4.15. The SMILES string of the molecule is CCCCNc1ncc2c(-c3ccc(C(=O)O)cc3)nn(CC3CCCCC3)c2n1. The smallest absolute Gasteiger partial charge is 0.335 e. The van der Waals surface area contributed by atoms with Crippen molar-refractivity contribution < 1.29 is 9.90 Å². The summed E-state index contributed by atoms with van der Waals surface area (Å²) in [4.78, 5) is 20.5. The number of anilines is 1. The molecular weight excluding hydrogens is 378 g/mol. The molecule has 1 aliphatic rings. The second kappa shape index (κ2) is 9.24. The van der Waals surface area contributed by atoms with Crippen molar-refractivity contribution in [2.45, 2.75) is 58.4 Å². The van der Waals surface area contributed by atoms with E-state index in [0.29, 0.717) is 11.9 Å². The zero-order valence-corrected chi connectivity index (χ0v) is 17.5. The fraction of sp³-hybridized carbons (Fsp3) is 0.478. The van der Waals surface area contributed by atoms with Crippen molar-refractivity contribution in [1.82, 2.24) is 19.7 Å². The molecule has 2 heterocycles. The second-order valence-corrected chi connectivity index (χ2v) is 8.13. The third kappa shape index (κ3) is 4.45. The van der Waals surface area contributed by atoms with Gasteiger partial charge in [0.2, 0.25) is 5.95 Å². The molecule has 158 valence electrons. The molecule has 7 nitrogen and oxygen atoms in total. The normalized spacial score (nSPS) is 14.8. The lowest BCUT2D eigenvalue weighted by Crippen LogP contribution is -2.15. The monoisotopic (exact) mass is 407 g/mol. The summed E-state index contributed by atoms with van der Waals surface area (Å²) < 4.78 is 2.03. The van der Waals surface area contributed by atoms with E-state index < -0.39 is 5.97 Å². The minimum absolute atomic E-state index is 0.267. The zero-order valence-electron chi connectivity index (χ0n) is 17.5. The number of nitrogens with zero attached hydrogens (tertiary/aromatic N) is 4. The van der Waals surface area contributed by atoms with Crippen LogP contribution in [0.5, 0.6) is 0 Å². The van der Waals surface area contributed by atoms with Crippen LogP contribution in [0.3, 0.4) is 0 Å². The lowest BCUT2D eigenvalue weighted by atomic mass is 9.89. The molecule has 1 aliphatic carbocycles. The average molecular weight is 408 g/mol. The number of carboxylic acids is 1. The number of benzene rings is 1. The summed E-state index contributed by atoms with van der Waals surface area (Å²) in [7, 11) is 0. The van der Waals surface area contributed by atoms with E-state index in [1.165, 1.54) is 32.1 Å². The molecule has 1 fully saturated rings. The Hall–Kier alpha value is -2.96. The predicted octanol–water partition coefficient (Wildman–Crippen LogP) is 4.98. The van der Waals surface area contributed by atoms with Gasteiger partial charge < -0.3 is 10.4 Å². The molecule has 0 radical (unpaired) electrons. The quantitative estimate of drug-likeness (QED) is 0.511. The summed E-state index contributed by atoms with van der Waals surface area (Å²) in [6.45, 7) is 3.87. The minimum Gasteiger partial charge on any atom is -0.478 e. The van der Waals surface area contributed by atoms with Crippen molar-refractivity contribution in [2.75, 3.05) is 11.9 Å². The van der Waals surface area contributed by atoms with E-state index in [1.54, 1.807) is 12.1 Å². The van der Waals surface area contributed by atoms with Crippen LogP contribution < -0.4 is 5.32 Å². The van der Waals surface area contributed by atoms with E-state index in [4.69, 9.17) is 10.1 Å². The first-order valence-electron chi connectivity index (χ1n) is 11.0. The van der Waals surface area contributed by atoms with Gasteiger partial charge in [-0.2, -0.15) is 10.1 Å². The predicted molar refractivity (Wildman–Crippen MR) is 118 cm³/mol. The van der Waals surface area contributed by atoms with Gasteiger partial charge in [-0.1, -0.05) is 44.7 Å². The molecule has 1 saturated carbocycles. The van der Waals surface area contributed by atoms with Gasteiger partial charge in [0.1, 0.15) is 5.69 Å². The van der Waals surface area contributed by atoms with Gasteiger partial charge >= 0.3 is 5.97 Å². The van der Waals surface area contributed by atoms with Crippen LogP contribution in [0.2, 0.25) is 0 Å². The van der Waals surface area contributed by atoms with Crippen molar-refractivity contribution in [3.8, 4) is 11.3 Å². The molecule has 0 aliphatic heterocycles. The number of nitrogens with one attached hydrogen (secondary N) is 1. The summed E-state index contributed by atoms with van der Waals surface area (Å²) in [5, 5.41) is 18.3. The van der Waals surface area contributed by atoms with Gasteiger partial charge in [0.05, 0.1) is 10.9 Å². The Labute approximate surface area is 176 Å². The third-order valence-corrected chi connectivity index (χ3v) is 5.86. The highest BCUT2D eigenvalue weighted by Gasteiger charge is 2.20. The Balaban J connectivity index is 1.70. The number of fused-ring (bicyclic) bond motifs is 1. The molecule has 2 N–H and O–H groups in total. The van der Waals surface area contributed by atoms with E-state index in [1.807, 2.05) is 23.0 Å². The molecule has 4 rings (SSSR count). The number of hydrogen-bond donors (Lipinski definition) is 2. The van der Waals surface area contributed by atoms with Crippen LogP contribution in [-0.2, 0) is 6.54 Å². The van der Waals surface area contributed by atoms with Gasteiger partial charge in [0, 0.05) is 24.8 Å². The zero-order chi connectivity index (χ0) is 20.9. The van der Waals surface area contributed by atoms with Crippen LogP contribution in [0.25, 0.3) is 22.3 Å². The van der Waals surface area contributed by atoms with Crippen LogP contribution in [0.15, 0.2) is 30.5 Å². The van der Waals surface area contributed by atoms with Crippen molar-refractivity contribution in [3.05, 3.63) is 36.0 Å². The Bertz CT molecular complexity index is 1010. The molecule has 30 heavy (non-hydrogen) atoms. The molecule has 0 spiro atoms. The van der Waals surface area contributed by atoms with Crippen LogP contribution in [0.4, 0.5) is 5.95 Å². The summed E-state index contributed by atoms with van der Waals surface area (Å²) in [6.07, 6.45) is 10.4. The van der Waals surface area contributed by atoms with Crippen molar-refractivity contribution in [2.24, 2.45) is 5.92 Å². The molecule has 0 amide bonds. The van der Waals surface area contributed by atoms with E-state index in [9.17, 15) is 9.90 Å². The first-order chi connectivity index (χ1) is 14.7. The van der Waals surface area contributed by atoms with E-state index in [-0.39, 0.29) is 5.56 Å². The molecule has 0 unspecified atom stereocenters. The Morgan fingerprint density at radius 2 is 1.97 bits per heavy atom. The number of aromatic nitrogens is 4. The van der Waals surface area contributed by atoms with Crippen molar-refractivity contribution in [3.63, 3.8) is 0 Å². The lowest BCUT2D eigenvalue weighted by Gasteiger charge is -2.21. The molecule has 0 bridgehead atoms. The highest BCUT2D eigenvalue weighted by Crippen LogP contribution is 2.30. The summed E-state index contributed by atoms with van der Waals surface area (Å²) in [5.74, 6) is 0.324. The van der Waals surface area contributed by atoms with E-state index >= 15 is 0 Å². The van der Waals surface area contributed by atoms with E-state index in [0.717, 1.165) is 48.2 Å². The van der Waals surface area contributed by atoms with Crippen LogP contribution in [0.1, 0.15) is 62.2 Å². The van der Waals surface area contributed by atoms with Crippen LogP contribution >= 0.6 is 0 Å². The van der Waals surface area contributed by atoms with Gasteiger partial charge in [-0.25, -0.2) is 14.5 Å². The van der Waals surface area contributed by atoms with Crippen molar-refractivity contribution in [1.29, 1.82) is 0 Å². The van der Waals surface area contributed by atoms with Crippen LogP contribution in [-0.4, -0.2) is 37.4 Å². The number of unbranched alkanes of at least 4 members (excludes halogenated alkanes) is 1. The minimum atomic E-state index is -0.930. The van der Waals surface area contributed by atoms with Crippen LogP contribution in [0, 0.1) is 5.92 Å². The summed E-state index contributed by atoms with van der Waals surface area (Å²) in [6, 6.07) is 6.85. The highest BCUT2D eigenvalue weighted by molar-refractivity contribution is 5.93. The topological polar surface area (TPSA) is 92.9 Å². The number of carbonyl (C=O) groups is 1. The maximum atomic E-state index is 11.2. The Morgan fingerprint density at radius 3 is 2.67 bits per heavy atom. The fourth-order valence-corrected chi connectivity index (χ4v) is 4.15. The molecule has 2 aromatic heterocycles. The lowest BCUT2D eigenvalue weighted by molar-refractivity contribution is 0.0697.